The van der Waals surface area contributed by atoms with Crippen molar-refractivity contribution in [2.75, 3.05) is 11.9 Å². The molecule has 0 unspecified atom stereocenters. The number of thiazole rings is 1. The van der Waals surface area contributed by atoms with Crippen LogP contribution in [0.25, 0.3) is 10.2 Å². The molecule has 0 atom stereocenters. The first-order valence-electron chi connectivity index (χ1n) is 6.54. The molecule has 7 heteroatoms. The summed E-state index contributed by atoms with van der Waals surface area (Å²) in [6, 6.07) is 3.57. The van der Waals surface area contributed by atoms with Crippen molar-refractivity contribution in [2.24, 2.45) is 5.73 Å². The van der Waals surface area contributed by atoms with E-state index in [0.717, 1.165) is 17.5 Å². The van der Waals surface area contributed by atoms with Crippen LogP contribution >= 0.6 is 11.3 Å². The van der Waals surface area contributed by atoms with Gasteiger partial charge in [0.1, 0.15) is 5.69 Å². The van der Waals surface area contributed by atoms with Gasteiger partial charge in [0.25, 0.3) is 0 Å². The third-order valence-corrected chi connectivity index (χ3v) is 4.49. The molecule has 0 aliphatic carbocycles. The lowest BCUT2D eigenvalue weighted by Crippen LogP contribution is -2.45. The van der Waals surface area contributed by atoms with Gasteiger partial charge >= 0.3 is 5.69 Å². The van der Waals surface area contributed by atoms with Crippen LogP contribution < -0.4 is 11.1 Å². The lowest BCUT2D eigenvalue weighted by molar-refractivity contribution is -0.382. The zero-order valence-corrected chi connectivity index (χ0v) is 12.4. The Bertz CT molecular complexity index is 622. The van der Waals surface area contributed by atoms with Crippen LogP contribution in [-0.4, -0.2) is 22.0 Å². The summed E-state index contributed by atoms with van der Waals surface area (Å²) in [6.45, 7) is 4.53. The normalized spacial score (nSPS) is 11.8. The second-order valence-corrected chi connectivity index (χ2v) is 5.73. The molecule has 6 nitrogen and oxygen atoms in total. The Morgan fingerprint density at radius 1 is 1.45 bits per heavy atom. The van der Waals surface area contributed by atoms with Gasteiger partial charge in [-0.2, -0.15) is 0 Å². The predicted molar refractivity (Wildman–Crippen MR) is 82.3 cm³/mol. The average molecular weight is 294 g/mol. The third-order valence-electron chi connectivity index (χ3n) is 3.70. The van der Waals surface area contributed by atoms with Crippen molar-refractivity contribution in [1.82, 2.24) is 4.98 Å². The van der Waals surface area contributed by atoms with Gasteiger partial charge in [0.2, 0.25) is 0 Å². The quantitative estimate of drug-likeness (QED) is 0.630. The maximum absolute atomic E-state index is 11.3. The third kappa shape index (κ3) is 2.73. The molecule has 3 N–H and O–H groups in total. The van der Waals surface area contributed by atoms with Crippen molar-refractivity contribution in [3.8, 4) is 0 Å². The molecule has 20 heavy (non-hydrogen) atoms. The van der Waals surface area contributed by atoms with Crippen molar-refractivity contribution in [1.29, 1.82) is 0 Å². The molecule has 0 spiro atoms. The predicted octanol–water partition coefficient (Wildman–Crippen LogP) is 3.13. The van der Waals surface area contributed by atoms with Gasteiger partial charge in [-0.25, -0.2) is 4.98 Å². The van der Waals surface area contributed by atoms with Crippen molar-refractivity contribution < 1.29 is 4.92 Å². The summed E-state index contributed by atoms with van der Waals surface area (Å²) in [5.41, 5.74) is 8.41. The Labute approximate surface area is 121 Å². The highest BCUT2D eigenvalue weighted by atomic mass is 32.1. The summed E-state index contributed by atoms with van der Waals surface area (Å²) in [6.07, 6.45) is 1.62. The van der Waals surface area contributed by atoms with Gasteiger partial charge in [0.05, 0.1) is 15.1 Å². The molecule has 0 bridgehead atoms. The first kappa shape index (κ1) is 14.7. The molecule has 0 fully saturated rings. The molecule has 0 aliphatic heterocycles. The van der Waals surface area contributed by atoms with E-state index < -0.39 is 0 Å². The first-order chi connectivity index (χ1) is 9.50. The zero-order valence-electron chi connectivity index (χ0n) is 11.5. The molecule has 1 aromatic carbocycles. The van der Waals surface area contributed by atoms with Crippen LogP contribution in [0.5, 0.6) is 0 Å². The van der Waals surface area contributed by atoms with Crippen molar-refractivity contribution in [2.45, 2.75) is 32.2 Å². The molecule has 2 aromatic rings. The van der Waals surface area contributed by atoms with Gasteiger partial charge in [-0.15, -0.1) is 11.3 Å². The molecule has 0 saturated carbocycles. The van der Waals surface area contributed by atoms with E-state index in [4.69, 9.17) is 5.73 Å². The average Bonchev–Trinajstić information content (AvgIpc) is 2.92. The molecule has 108 valence electrons. The minimum absolute atomic E-state index is 0.0262. The Kier molecular flexibility index (Phi) is 4.20. The van der Waals surface area contributed by atoms with Gasteiger partial charge in [-0.05, 0) is 25.0 Å². The molecule has 1 aromatic heterocycles. The van der Waals surface area contributed by atoms with E-state index in [1.807, 2.05) is 19.9 Å². The highest BCUT2D eigenvalue weighted by Gasteiger charge is 2.24. The number of fused-ring (bicyclic) bond motifs is 1. The molecule has 0 amide bonds. The molecule has 2 rings (SSSR count). The number of aromatic nitrogens is 1. The summed E-state index contributed by atoms with van der Waals surface area (Å²) in [7, 11) is 0. The molecule has 0 aliphatic rings. The van der Waals surface area contributed by atoms with Crippen LogP contribution in [0.3, 0.4) is 0 Å². The van der Waals surface area contributed by atoms with Crippen LogP contribution in [0.1, 0.15) is 26.7 Å². The van der Waals surface area contributed by atoms with Gasteiger partial charge in [0.15, 0.2) is 5.52 Å². The number of nitro groups is 1. The standard InChI is InChI=1S/C13H18N4O2S/c1-3-13(14,4-2)7-15-9-5-6-10-11(16-8-20-10)12(9)17(18)19/h5-6,8,15H,3-4,7,14H2,1-2H3. The number of nitrogens with zero attached hydrogens (tertiary/aromatic N) is 2. The number of hydrogen-bond acceptors (Lipinski definition) is 6. The van der Waals surface area contributed by atoms with E-state index in [-0.39, 0.29) is 16.1 Å². The Morgan fingerprint density at radius 2 is 2.15 bits per heavy atom. The Morgan fingerprint density at radius 3 is 2.75 bits per heavy atom. The van der Waals surface area contributed by atoms with Crippen molar-refractivity contribution in [3.05, 3.63) is 27.8 Å². The van der Waals surface area contributed by atoms with E-state index in [9.17, 15) is 10.1 Å². The number of benzene rings is 1. The van der Waals surface area contributed by atoms with Crippen molar-refractivity contribution in [3.63, 3.8) is 0 Å². The SMILES string of the molecule is CCC(N)(CC)CNc1ccc2scnc2c1[N+](=O)[O-]. The van der Waals surface area contributed by atoms with E-state index in [1.165, 1.54) is 11.3 Å². The largest absolute Gasteiger partial charge is 0.378 e. The number of anilines is 1. The van der Waals surface area contributed by atoms with E-state index in [1.54, 1.807) is 11.6 Å². The van der Waals surface area contributed by atoms with E-state index in [2.05, 4.69) is 10.3 Å². The number of nitrogens with two attached hydrogens (primary N) is 1. The Balaban J connectivity index is 2.34. The van der Waals surface area contributed by atoms with Crippen molar-refractivity contribution >= 4 is 32.9 Å². The summed E-state index contributed by atoms with van der Waals surface area (Å²) < 4.78 is 0.812. The fourth-order valence-corrected chi connectivity index (χ4v) is 2.69. The van der Waals surface area contributed by atoms with Crippen LogP contribution in [-0.2, 0) is 0 Å². The maximum Gasteiger partial charge on any atom is 0.319 e. The van der Waals surface area contributed by atoms with E-state index in [0.29, 0.717) is 17.7 Å². The summed E-state index contributed by atoms with van der Waals surface area (Å²) in [5, 5.41) is 14.4. The monoisotopic (exact) mass is 294 g/mol. The summed E-state index contributed by atoms with van der Waals surface area (Å²) in [5.74, 6) is 0. The lowest BCUT2D eigenvalue weighted by atomic mass is 9.94. The number of nitro benzene ring substituents is 1. The maximum atomic E-state index is 11.3. The van der Waals surface area contributed by atoms with Crippen LogP contribution in [0.4, 0.5) is 11.4 Å². The topological polar surface area (TPSA) is 94.1 Å². The van der Waals surface area contributed by atoms with Crippen LogP contribution in [0.2, 0.25) is 0 Å². The lowest BCUT2D eigenvalue weighted by Gasteiger charge is -2.27. The summed E-state index contributed by atoms with van der Waals surface area (Å²) in [4.78, 5) is 15.0. The highest BCUT2D eigenvalue weighted by molar-refractivity contribution is 7.16. The first-order valence-corrected chi connectivity index (χ1v) is 7.42. The second kappa shape index (κ2) is 5.72. The minimum atomic E-state index is -0.388. The number of nitrogens with one attached hydrogen (secondary N) is 1. The van der Waals surface area contributed by atoms with Gasteiger partial charge in [-0.1, -0.05) is 13.8 Å². The molecule has 1 heterocycles. The van der Waals surface area contributed by atoms with Gasteiger partial charge < -0.3 is 11.1 Å². The number of rotatable bonds is 6. The molecule has 0 radical (unpaired) electrons. The number of hydrogen-bond donors (Lipinski definition) is 2. The van der Waals surface area contributed by atoms with E-state index >= 15 is 0 Å². The van der Waals surface area contributed by atoms with Crippen LogP contribution in [0, 0.1) is 10.1 Å². The zero-order chi connectivity index (χ0) is 14.8. The van der Waals surface area contributed by atoms with Gasteiger partial charge in [-0.3, -0.25) is 10.1 Å². The fraction of sp³-hybridized carbons (Fsp3) is 0.462. The minimum Gasteiger partial charge on any atom is -0.378 e. The summed E-state index contributed by atoms with van der Waals surface area (Å²) >= 11 is 1.39. The molecular formula is C13H18N4O2S. The Hall–Kier alpha value is -1.73. The molecule has 0 saturated heterocycles. The van der Waals surface area contributed by atoms with Crippen LogP contribution in [0.15, 0.2) is 17.6 Å². The van der Waals surface area contributed by atoms with Gasteiger partial charge in [0, 0.05) is 12.1 Å². The molecular weight excluding hydrogens is 276 g/mol. The second-order valence-electron chi connectivity index (χ2n) is 4.84. The fourth-order valence-electron chi connectivity index (χ4n) is 2.02. The smallest absolute Gasteiger partial charge is 0.319 e. The highest BCUT2D eigenvalue weighted by Crippen LogP contribution is 2.34.